The van der Waals surface area contributed by atoms with Crippen LogP contribution in [0, 0.1) is 0 Å². The molecule has 5 unspecified atom stereocenters. The number of phosphoric ester groups is 2. The lowest BCUT2D eigenvalue weighted by atomic mass is 10.0. The monoisotopic (exact) mass is 1420 g/mol. The van der Waals surface area contributed by atoms with Crippen molar-refractivity contribution in [2.75, 3.05) is 39.6 Å². The van der Waals surface area contributed by atoms with E-state index in [1.165, 1.54) is 109 Å². The van der Waals surface area contributed by atoms with Crippen molar-refractivity contribution in [3.8, 4) is 0 Å². The Kier molecular flexibility index (Phi) is 68.4. The molecule has 0 radical (unpaired) electrons. The van der Waals surface area contributed by atoms with Crippen molar-refractivity contribution in [1.29, 1.82) is 0 Å². The van der Waals surface area contributed by atoms with Gasteiger partial charge in [-0.05, 0) is 89.9 Å². The summed E-state index contributed by atoms with van der Waals surface area (Å²) in [6.07, 6.45) is 74.3. The topological polar surface area (TPSA) is 237 Å². The highest BCUT2D eigenvalue weighted by Crippen LogP contribution is 2.45. The van der Waals surface area contributed by atoms with Gasteiger partial charge in [0.1, 0.15) is 19.3 Å². The number of unbranched alkanes of at least 4 members (excludes halogenated alkanes) is 31. The number of carbonyl (C=O) groups excluding carboxylic acids is 4. The van der Waals surface area contributed by atoms with E-state index in [-0.39, 0.29) is 25.7 Å². The van der Waals surface area contributed by atoms with Crippen LogP contribution in [0.3, 0.4) is 0 Å². The van der Waals surface area contributed by atoms with E-state index in [4.69, 9.17) is 37.0 Å². The molecule has 0 aliphatic rings. The predicted octanol–water partition coefficient (Wildman–Crippen LogP) is 22.0. The maximum Gasteiger partial charge on any atom is 0.472 e. The van der Waals surface area contributed by atoms with Crippen molar-refractivity contribution in [2.24, 2.45) is 0 Å². The van der Waals surface area contributed by atoms with E-state index < -0.39 is 97.5 Å². The maximum atomic E-state index is 13.1. The summed E-state index contributed by atoms with van der Waals surface area (Å²) >= 11 is 0. The van der Waals surface area contributed by atoms with Gasteiger partial charge < -0.3 is 33.8 Å². The number of esters is 4. The highest BCUT2D eigenvalue weighted by Gasteiger charge is 2.30. The molecular weight excluding hydrogens is 1280 g/mol. The fourth-order valence-electron chi connectivity index (χ4n) is 10.2. The van der Waals surface area contributed by atoms with Crippen LogP contribution >= 0.6 is 15.6 Å². The van der Waals surface area contributed by atoms with Gasteiger partial charge in [-0.1, -0.05) is 305 Å². The smallest absolute Gasteiger partial charge is 0.462 e. The second kappa shape index (κ2) is 71.4. The Morgan fingerprint density at radius 1 is 0.306 bits per heavy atom. The molecule has 0 saturated heterocycles. The second-order valence-corrected chi connectivity index (χ2v) is 28.5. The first-order chi connectivity index (χ1) is 47.7. The molecule has 3 N–H and O–H groups in total. The summed E-state index contributed by atoms with van der Waals surface area (Å²) in [7, 11) is -9.96. The zero-order valence-corrected chi connectivity index (χ0v) is 63.5. The minimum absolute atomic E-state index is 0.0685. The number of aliphatic hydroxyl groups excluding tert-OH is 1. The third kappa shape index (κ3) is 70.4. The molecule has 0 saturated carbocycles. The molecule has 0 rings (SSSR count). The molecule has 0 aromatic heterocycles. The van der Waals surface area contributed by atoms with Crippen LogP contribution in [0.4, 0.5) is 0 Å². The van der Waals surface area contributed by atoms with Crippen LogP contribution in [0.2, 0.25) is 0 Å². The van der Waals surface area contributed by atoms with Gasteiger partial charge in [-0.15, -0.1) is 0 Å². The summed E-state index contributed by atoms with van der Waals surface area (Å²) in [4.78, 5) is 72.7. The molecule has 0 aromatic rings. The van der Waals surface area contributed by atoms with Crippen LogP contribution in [0.5, 0.6) is 0 Å². The van der Waals surface area contributed by atoms with Crippen LogP contribution in [0.1, 0.15) is 323 Å². The quantitative estimate of drug-likeness (QED) is 0.0169. The van der Waals surface area contributed by atoms with Gasteiger partial charge in [0.15, 0.2) is 12.2 Å². The van der Waals surface area contributed by atoms with Gasteiger partial charge in [0.05, 0.1) is 32.8 Å². The van der Waals surface area contributed by atoms with Gasteiger partial charge in [0.25, 0.3) is 0 Å². The molecule has 0 aromatic carbocycles. The van der Waals surface area contributed by atoms with Crippen molar-refractivity contribution >= 4 is 39.5 Å². The lowest BCUT2D eigenvalue weighted by Crippen LogP contribution is -2.30. The summed E-state index contributed by atoms with van der Waals surface area (Å²) in [6.45, 7) is 4.62. The molecule has 0 aliphatic heterocycles. The first-order valence-corrected chi connectivity index (χ1v) is 41.5. The highest BCUT2D eigenvalue weighted by atomic mass is 31.2. The third-order valence-corrected chi connectivity index (χ3v) is 18.0. The summed E-state index contributed by atoms with van der Waals surface area (Å²) in [5.74, 6) is -2.32. The SMILES string of the molecule is CC/C=C\C/C=C\C/C=C\C/C=C\C/C=C\CC(=O)OCC(COP(=O)(O)OCC(O)COP(=O)(O)OCC(COC(=O)CCCCCCCC/C=C\C/C=C\C/C=C\CCCCC)OC(=O)CCCCCCCCCCCCCCC)OC(=O)CCCCCCCCCCCCC. The molecule has 0 bridgehead atoms. The van der Waals surface area contributed by atoms with E-state index in [0.717, 1.165) is 135 Å². The van der Waals surface area contributed by atoms with Gasteiger partial charge in [-0.3, -0.25) is 37.3 Å². The number of phosphoric acid groups is 2. The molecular formula is C79H138O17P2. The highest BCUT2D eigenvalue weighted by molar-refractivity contribution is 7.47. The first-order valence-electron chi connectivity index (χ1n) is 38.5. The number of ether oxygens (including phenoxy) is 4. The molecule has 5 atom stereocenters. The fourth-order valence-corrected chi connectivity index (χ4v) is 11.8. The summed E-state index contributed by atoms with van der Waals surface area (Å²) < 4.78 is 68.3. The second-order valence-electron chi connectivity index (χ2n) is 25.6. The van der Waals surface area contributed by atoms with Crippen LogP contribution in [-0.2, 0) is 65.4 Å². The van der Waals surface area contributed by atoms with Gasteiger partial charge in [-0.2, -0.15) is 0 Å². The molecule has 98 heavy (non-hydrogen) atoms. The number of carbonyl (C=O) groups is 4. The Hall–Kier alpha value is -4.02. The number of hydrogen-bond acceptors (Lipinski definition) is 15. The molecule has 19 heteroatoms. The van der Waals surface area contributed by atoms with Crippen molar-refractivity contribution in [3.05, 3.63) is 97.2 Å². The zero-order valence-electron chi connectivity index (χ0n) is 61.7. The van der Waals surface area contributed by atoms with Crippen LogP contribution < -0.4 is 0 Å². The standard InChI is InChI=1S/C79H138O17P2/c1-5-9-13-17-21-25-29-32-34-35-36-37-39-42-45-48-52-56-60-64-77(82)90-70-75(96-79(84)66-62-58-54-50-46-40-31-27-23-19-15-11-7-3)72-94-98(87,88)92-68-73(80)67-91-97(85,86)93-71-74(95-78(83)65-61-57-53-49-43-28-24-20-16-12-8-4)69-89-76(81)63-59-55-51-47-44-41-38-33-30-26-22-18-14-10-6-2/h10,14,21-22,25-26,32-34,36-38,44,47,55,59,73-75,80H,5-9,11-13,15-20,23-24,27-31,35,39-43,45-46,48-54,56-58,60-72H2,1-4H3,(H,85,86)(H,87,88)/b14-10-,25-21-,26-22-,34-32-,37-36-,38-33-,47-44-,59-55-. The molecule has 0 heterocycles. The van der Waals surface area contributed by atoms with E-state index in [0.29, 0.717) is 25.7 Å². The fraction of sp³-hybridized carbons (Fsp3) is 0.747. The summed E-state index contributed by atoms with van der Waals surface area (Å²) in [5.41, 5.74) is 0. The number of hydrogen-bond donors (Lipinski definition) is 3. The lowest BCUT2D eigenvalue weighted by molar-refractivity contribution is -0.161. The van der Waals surface area contributed by atoms with E-state index >= 15 is 0 Å². The average Bonchev–Trinajstić information content (AvgIpc) is 1.94. The Labute approximate surface area is 595 Å². The van der Waals surface area contributed by atoms with E-state index in [2.05, 4.69) is 101 Å². The molecule has 0 aliphatic carbocycles. The van der Waals surface area contributed by atoms with Crippen molar-refractivity contribution in [1.82, 2.24) is 0 Å². The van der Waals surface area contributed by atoms with Gasteiger partial charge in [0, 0.05) is 19.3 Å². The minimum Gasteiger partial charge on any atom is -0.462 e. The predicted molar refractivity (Wildman–Crippen MR) is 399 cm³/mol. The number of allylic oxidation sites excluding steroid dienone is 15. The third-order valence-electron chi connectivity index (χ3n) is 16.1. The van der Waals surface area contributed by atoms with Crippen LogP contribution in [-0.4, -0.2) is 96.7 Å². The molecule has 0 fully saturated rings. The van der Waals surface area contributed by atoms with E-state index in [1.54, 1.807) is 6.08 Å². The van der Waals surface area contributed by atoms with Crippen LogP contribution in [0.25, 0.3) is 0 Å². The van der Waals surface area contributed by atoms with Gasteiger partial charge in [0.2, 0.25) is 0 Å². The normalized spacial score (nSPS) is 14.5. The molecule has 566 valence electrons. The average molecular weight is 1420 g/mol. The molecule has 0 spiro atoms. The number of rotatable bonds is 72. The first kappa shape index (κ1) is 94.0. The van der Waals surface area contributed by atoms with Gasteiger partial charge in [-0.25, -0.2) is 9.13 Å². The summed E-state index contributed by atoms with van der Waals surface area (Å²) in [5, 5.41) is 10.6. The van der Waals surface area contributed by atoms with Gasteiger partial charge >= 0.3 is 39.5 Å². The van der Waals surface area contributed by atoms with Crippen molar-refractivity contribution in [3.63, 3.8) is 0 Å². The lowest BCUT2D eigenvalue weighted by Gasteiger charge is -2.21. The molecule has 0 amide bonds. The summed E-state index contributed by atoms with van der Waals surface area (Å²) in [6, 6.07) is 0. The van der Waals surface area contributed by atoms with E-state index in [9.17, 15) is 43.2 Å². The Morgan fingerprint density at radius 3 is 0.929 bits per heavy atom. The Bertz CT molecular complexity index is 2240. The minimum atomic E-state index is -4.99. The largest absolute Gasteiger partial charge is 0.472 e. The Morgan fingerprint density at radius 2 is 0.571 bits per heavy atom. The Balaban J connectivity index is 5.36. The van der Waals surface area contributed by atoms with Crippen LogP contribution in [0.15, 0.2) is 97.2 Å². The molecule has 17 nitrogen and oxygen atoms in total. The van der Waals surface area contributed by atoms with Crippen molar-refractivity contribution in [2.45, 2.75) is 341 Å². The maximum absolute atomic E-state index is 13.1. The zero-order chi connectivity index (χ0) is 71.8. The van der Waals surface area contributed by atoms with Crippen molar-refractivity contribution < 1.29 is 80.2 Å². The number of aliphatic hydroxyl groups is 1. The van der Waals surface area contributed by atoms with E-state index in [1.807, 2.05) is 18.2 Å².